The molecule has 1 aliphatic carbocycles. The van der Waals surface area contributed by atoms with Crippen LogP contribution < -0.4 is 10.6 Å². The normalized spacial score (nSPS) is 19.4. The first-order valence-electron chi connectivity index (χ1n) is 12.6. The lowest BCUT2D eigenvalue weighted by Crippen LogP contribution is -2.60. The van der Waals surface area contributed by atoms with Crippen LogP contribution in [0.5, 0.6) is 0 Å². The lowest BCUT2D eigenvalue weighted by Gasteiger charge is -2.36. The van der Waals surface area contributed by atoms with E-state index >= 15 is 0 Å². The summed E-state index contributed by atoms with van der Waals surface area (Å²) in [5.74, 6) is -1.29. The number of nitrogens with one attached hydrogen (secondary N) is 2. The minimum absolute atomic E-state index is 0.179. The number of hydrogen-bond acceptors (Lipinski definition) is 6. The zero-order chi connectivity index (χ0) is 27.0. The topological polar surface area (TPSA) is 91.4 Å². The molecule has 0 spiro atoms. The van der Waals surface area contributed by atoms with E-state index in [9.17, 15) is 18.8 Å². The number of amides is 3. The fourth-order valence-corrected chi connectivity index (χ4v) is 5.83. The summed E-state index contributed by atoms with van der Waals surface area (Å²) in [5.41, 5.74) is 4.12. The fourth-order valence-electron chi connectivity index (χ4n) is 4.63. The minimum Gasteiger partial charge on any atom is -0.350 e. The Labute approximate surface area is 226 Å². The highest BCUT2D eigenvalue weighted by molar-refractivity contribution is 8.00. The SMILES string of the molecule is CSC(C)(C)C(NC(=O)C1(F)CC1)C(=O)N1CCCC1C(=O)NCc1ccc(-c2scnc2C)cc1C. The van der Waals surface area contributed by atoms with Crippen LogP contribution >= 0.6 is 23.1 Å². The van der Waals surface area contributed by atoms with Gasteiger partial charge in [-0.05, 0) is 76.3 Å². The van der Waals surface area contributed by atoms with E-state index in [-0.39, 0.29) is 24.7 Å². The Kier molecular flexibility index (Phi) is 7.99. The number of likely N-dealkylation sites (tertiary alicyclic amines) is 1. The first kappa shape index (κ1) is 27.6. The molecule has 4 rings (SSSR count). The standard InChI is InChI=1S/C27H35FN4O3S2/c1-16-13-18(21-17(2)30-15-37-21)8-9-19(16)14-29-23(33)20-7-6-12-32(20)24(34)22(26(3,4)36-5)31-25(35)27(28)10-11-27/h8-9,13,15,20,22H,6-7,10-12,14H2,1-5H3,(H,29,33)(H,31,35). The van der Waals surface area contributed by atoms with Crippen molar-refractivity contribution in [3.63, 3.8) is 0 Å². The van der Waals surface area contributed by atoms with Gasteiger partial charge in [-0.25, -0.2) is 9.37 Å². The van der Waals surface area contributed by atoms with Gasteiger partial charge >= 0.3 is 0 Å². The van der Waals surface area contributed by atoms with Crippen molar-refractivity contribution in [2.75, 3.05) is 12.8 Å². The molecule has 1 saturated carbocycles. The van der Waals surface area contributed by atoms with Crippen molar-refractivity contribution in [1.29, 1.82) is 0 Å². The molecule has 200 valence electrons. The minimum atomic E-state index is -1.87. The summed E-state index contributed by atoms with van der Waals surface area (Å²) in [6.07, 6.45) is 3.45. The van der Waals surface area contributed by atoms with E-state index in [0.29, 0.717) is 25.9 Å². The molecule has 3 amide bonds. The number of thioether (sulfide) groups is 1. The second-order valence-electron chi connectivity index (χ2n) is 10.5. The molecule has 1 aromatic heterocycles. The van der Waals surface area contributed by atoms with E-state index in [0.717, 1.165) is 27.3 Å². The zero-order valence-electron chi connectivity index (χ0n) is 22.0. The van der Waals surface area contributed by atoms with Gasteiger partial charge in [-0.2, -0.15) is 11.8 Å². The molecule has 2 aliphatic rings. The van der Waals surface area contributed by atoms with Gasteiger partial charge in [-0.3, -0.25) is 14.4 Å². The summed E-state index contributed by atoms with van der Waals surface area (Å²) in [7, 11) is 0. The van der Waals surface area contributed by atoms with Crippen molar-refractivity contribution in [2.24, 2.45) is 0 Å². The van der Waals surface area contributed by atoms with Crippen LogP contribution in [-0.2, 0) is 20.9 Å². The number of thiazole rings is 1. The van der Waals surface area contributed by atoms with Crippen molar-refractivity contribution < 1.29 is 18.8 Å². The predicted octanol–water partition coefficient (Wildman–Crippen LogP) is 4.16. The monoisotopic (exact) mass is 546 g/mol. The highest BCUT2D eigenvalue weighted by Crippen LogP contribution is 2.40. The van der Waals surface area contributed by atoms with Gasteiger partial charge in [0, 0.05) is 17.8 Å². The first-order valence-corrected chi connectivity index (χ1v) is 14.7. The lowest BCUT2D eigenvalue weighted by molar-refractivity contribution is -0.142. The number of alkyl halides is 1. The average Bonchev–Trinajstić information content (AvgIpc) is 3.24. The maximum atomic E-state index is 14.4. The number of carbonyl (C=O) groups is 3. The van der Waals surface area contributed by atoms with Crippen LogP contribution in [0, 0.1) is 13.8 Å². The van der Waals surface area contributed by atoms with E-state index in [1.807, 2.05) is 51.6 Å². The number of carbonyl (C=O) groups excluding carboxylic acids is 3. The van der Waals surface area contributed by atoms with Crippen LogP contribution in [0.25, 0.3) is 10.4 Å². The number of hydrogen-bond donors (Lipinski definition) is 2. The average molecular weight is 547 g/mol. The Hall–Kier alpha value is -2.46. The molecule has 2 unspecified atom stereocenters. The van der Waals surface area contributed by atoms with Crippen LogP contribution in [0.15, 0.2) is 23.7 Å². The molecule has 2 atom stereocenters. The molecule has 2 heterocycles. The van der Waals surface area contributed by atoms with Gasteiger partial charge in [-0.15, -0.1) is 11.3 Å². The first-order chi connectivity index (χ1) is 17.5. The quantitative estimate of drug-likeness (QED) is 0.493. The molecule has 0 radical (unpaired) electrons. The van der Waals surface area contributed by atoms with E-state index in [1.54, 1.807) is 16.2 Å². The summed E-state index contributed by atoms with van der Waals surface area (Å²) in [6, 6.07) is 4.60. The number of rotatable bonds is 9. The largest absolute Gasteiger partial charge is 0.350 e. The molecule has 2 aromatic rings. The molecule has 2 N–H and O–H groups in total. The van der Waals surface area contributed by atoms with E-state index in [1.165, 1.54) is 11.8 Å². The van der Waals surface area contributed by atoms with Crippen molar-refractivity contribution in [3.05, 3.63) is 40.5 Å². The molecule has 7 nitrogen and oxygen atoms in total. The van der Waals surface area contributed by atoms with Gasteiger partial charge in [0.2, 0.25) is 11.8 Å². The van der Waals surface area contributed by atoms with Gasteiger partial charge in [0.25, 0.3) is 5.91 Å². The van der Waals surface area contributed by atoms with Crippen LogP contribution in [0.1, 0.15) is 56.4 Å². The molecule has 1 saturated heterocycles. The summed E-state index contributed by atoms with van der Waals surface area (Å²) in [6.45, 7) is 8.49. The summed E-state index contributed by atoms with van der Waals surface area (Å²) in [4.78, 5) is 46.4. The van der Waals surface area contributed by atoms with Crippen molar-refractivity contribution in [2.45, 2.75) is 82.4 Å². The Morgan fingerprint density at radius 2 is 2.03 bits per heavy atom. The Balaban J connectivity index is 1.43. The molecular formula is C27H35FN4O3S2. The summed E-state index contributed by atoms with van der Waals surface area (Å²) >= 11 is 3.03. The number of aromatic nitrogens is 1. The second kappa shape index (κ2) is 10.7. The highest BCUT2D eigenvalue weighted by atomic mass is 32.2. The van der Waals surface area contributed by atoms with Crippen molar-refractivity contribution >= 4 is 40.8 Å². The zero-order valence-corrected chi connectivity index (χ0v) is 23.7. The van der Waals surface area contributed by atoms with E-state index in [4.69, 9.17) is 0 Å². The fraction of sp³-hybridized carbons (Fsp3) is 0.556. The maximum absolute atomic E-state index is 14.4. The predicted molar refractivity (Wildman–Crippen MR) is 146 cm³/mol. The van der Waals surface area contributed by atoms with Crippen molar-refractivity contribution in [3.8, 4) is 10.4 Å². The van der Waals surface area contributed by atoms with Gasteiger partial charge in [0.15, 0.2) is 5.67 Å². The third-order valence-corrected chi connectivity index (χ3v) is 9.75. The van der Waals surface area contributed by atoms with Gasteiger partial charge in [-0.1, -0.05) is 18.2 Å². The number of nitrogens with zero attached hydrogens (tertiary/aromatic N) is 2. The van der Waals surface area contributed by atoms with Gasteiger partial charge < -0.3 is 15.5 Å². The highest BCUT2D eigenvalue weighted by Gasteiger charge is 2.53. The van der Waals surface area contributed by atoms with E-state index in [2.05, 4.69) is 21.7 Å². The molecule has 10 heteroatoms. The van der Waals surface area contributed by atoms with Crippen LogP contribution in [0.2, 0.25) is 0 Å². The Morgan fingerprint density at radius 1 is 1.30 bits per heavy atom. The van der Waals surface area contributed by atoms with E-state index < -0.39 is 28.4 Å². The molecule has 0 bridgehead atoms. The van der Waals surface area contributed by atoms with Gasteiger partial charge in [0.05, 0.1) is 16.1 Å². The third kappa shape index (κ3) is 5.85. The molecule has 1 aliphatic heterocycles. The van der Waals surface area contributed by atoms with Crippen LogP contribution in [0.4, 0.5) is 4.39 Å². The summed E-state index contributed by atoms with van der Waals surface area (Å²) in [5, 5.41) is 5.68. The number of aryl methyl sites for hydroxylation is 2. The maximum Gasteiger partial charge on any atom is 0.258 e. The summed E-state index contributed by atoms with van der Waals surface area (Å²) < 4.78 is 13.7. The Morgan fingerprint density at radius 3 is 2.62 bits per heavy atom. The molecule has 37 heavy (non-hydrogen) atoms. The molecule has 1 aromatic carbocycles. The van der Waals surface area contributed by atoms with Crippen LogP contribution in [-0.4, -0.2) is 62.9 Å². The molecular weight excluding hydrogens is 511 g/mol. The van der Waals surface area contributed by atoms with Crippen molar-refractivity contribution in [1.82, 2.24) is 20.5 Å². The second-order valence-corrected chi connectivity index (χ2v) is 12.8. The Bertz CT molecular complexity index is 1190. The lowest BCUT2D eigenvalue weighted by atomic mass is 10.00. The third-order valence-electron chi connectivity index (χ3n) is 7.48. The number of halogens is 1. The van der Waals surface area contributed by atoms with Crippen LogP contribution in [0.3, 0.4) is 0 Å². The smallest absolute Gasteiger partial charge is 0.258 e. The number of benzene rings is 1. The van der Waals surface area contributed by atoms with Gasteiger partial charge in [0.1, 0.15) is 12.1 Å². The molecule has 2 fully saturated rings.